The molecule has 0 aliphatic carbocycles. The smallest absolute Gasteiger partial charge is 0.355 e. The zero-order chi connectivity index (χ0) is 20.6. The highest BCUT2D eigenvalue weighted by molar-refractivity contribution is 6.30. The third-order valence-electron chi connectivity index (χ3n) is 4.63. The van der Waals surface area contributed by atoms with Crippen LogP contribution in [0.4, 0.5) is 19.0 Å². The Morgan fingerprint density at radius 3 is 2.45 bits per heavy atom. The van der Waals surface area contributed by atoms with Crippen LogP contribution in [0.3, 0.4) is 0 Å². The lowest BCUT2D eigenvalue weighted by Gasteiger charge is -2.18. The second-order valence-electron chi connectivity index (χ2n) is 6.69. The molecule has 0 aliphatic heterocycles. The Kier molecular flexibility index (Phi) is 4.92. The number of alkyl halides is 3. The molecule has 0 fully saturated rings. The highest BCUT2D eigenvalue weighted by Gasteiger charge is 2.30. The Morgan fingerprint density at radius 2 is 1.79 bits per heavy atom. The monoisotopic (exact) mass is 416 g/mol. The van der Waals surface area contributed by atoms with Gasteiger partial charge in [0.05, 0.1) is 22.3 Å². The quantitative estimate of drug-likeness (QED) is 0.427. The van der Waals surface area contributed by atoms with Crippen molar-refractivity contribution in [3.63, 3.8) is 0 Å². The van der Waals surface area contributed by atoms with Gasteiger partial charge < -0.3 is 4.90 Å². The van der Waals surface area contributed by atoms with E-state index in [1.165, 1.54) is 12.1 Å². The zero-order valence-electron chi connectivity index (χ0n) is 15.4. The first-order chi connectivity index (χ1) is 13.8. The summed E-state index contributed by atoms with van der Waals surface area (Å²) in [6.45, 7) is 0.600. The third kappa shape index (κ3) is 4.05. The summed E-state index contributed by atoms with van der Waals surface area (Å²) < 4.78 is 40.2. The van der Waals surface area contributed by atoms with Gasteiger partial charge in [-0.1, -0.05) is 23.7 Å². The van der Waals surface area contributed by atoms with Gasteiger partial charge in [0.2, 0.25) is 0 Å². The van der Waals surface area contributed by atoms with Crippen molar-refractivity contribution < 1.29 is 13.2 Å². The lowest BCUT2D eigenvalue weighted by molar-refractivity contribution is -0.137. The zero-order valence-corrected chi connectivity index (χ0v) is 16.1. The van der Waals surface area contributed by atoms with Crippen molar-refractivity contribution >= 4 is 22.9 Å². The minimum atomic E-state index is -4.35. The molecular weight excluding hydrogens is 401 g/mol. The fraction of sp³-hybridized carbons (Fsp3) is 0.143. The van der Waals surface area contributed by atoms with E-state index in [1.807, 2.05) is 36.3 Å². The SMILES string of the molecule is CN(Cc1ccn2ncc(-c3ccc(C(F)(F)F)cc3)c2c1)c1ccc(Cl)cn1. The van der Waals surface area contributed by atoms with Gasteiger partial charge in [-0.2, -0.15) is 18.3 Å². The molecule has 0 saturated heterocycles. The average Bonchev–Trinajstić information content (AvgIpc) is 3.11. The summed E-state index contributed by atoms with van der Waals surface area (Å²) in [5, 5.41) is 4.88. The number of hydrogen-bond donors (Lipinski definition) is 0. The Hall–Kier alpha value is -3.06. The van der Waals surface area contributed by atoms with Crippen LogP contribution >= 0.6 is 11.6 Å². The minimum absolute atomic E-state index is 0.573. The molecular formula is C21H16ClF3N4. The number of pyridine rings is 2. The lowest BCUT2D eigenvalue weighted by atomic mass is 10.0. The molecule has 3 heterocycles. The van der Waals surface area contributed by atoms with Crippen LogP contribution in [0, 0.1) is 0 Å². The van der Waals surface area contributed by atoms with Crippen LogP contribution in [0.5, 0.6) is 0 Å². The molecule has 4 nitrogen and oxygen atoms in total. The standard InChI is InChI=1S/C21H16ClF3N4/c1-28(20-7-6-17(22)11-26-20)13-14-8-9-29-19(10-14)18(12-27-29)15-2-4-16(5-3-15)21(23,24)25/h2-12H,13H2,1H3. The van der Waals surface area contributed by atoms with Gasteiger partial charge in [-0.15, -0.1) is 0 Å². The van der Waals surface area contributed by atoms with E-state index >= 15 is 0 Å². The molecule has 0 amide bonds. The summed E-state index contributed by atoms with van der Waals surface area (Å²) in [5.41, 5.74) is 2.62. The normalized spacial score (nSPS) is 11.8. The number of rotatable bonds is 4. The van der Waals surface area contributed by atoms with Crippen LogP contribution in [-0.4, -0.2) is 21.6 Å². The van der Waals surface area contributed by atoms with Crippen molar-refractivity contribution in [1.29, 1.82) is 0 Å². The van der Waals surface area contributed by atoms with Gasteiger partial charge in [-0.25, -0.2) is 9.50 Å². The van der Waals surface area contributed by atoms with E-state index in [1.54, 1.807) is 23.0 Å². The van der Waals surface area contributed by atoms with Crippen LogP contribution in [0.1, 0.15) is 11.1 Å². The molecule has 0 saturated carbocycles. The summed E-state index contributed by atoms with van der Waals surface area (Å²) in [7, 11) is 1.92. The number of fused-ring (bicyclic) bond motifs is 1. The van der Waals surface area contributed by atoms with E-state index in [0.29, 0.717) is 17.1 Å². The third-order valence-corrected chi connectivity index (χ3v) is 4.86. The van der Waals surface area contributed by atoms with Gasteiger partial charge in [-0.05, 0) is 47.5 Å². The molecule has 4 rings (SSSR count). The van der Waals surface area contributed by atoms with Crippen LogP contribution in [0.25, 0.3) is 16.6 Å². The van der Waals surface area contributed by atoms with Crippen molar-refractivity contribution in [2.75, 3.05) is 11.9 Å². The summed E-state index contributed by atoms with van der Waals surface area (Å²) in [6, 6.07) is 12.7. The summed E-state index contributed by atoms with van der Waals surface area (Å²) >= 11 is 5.89. The molecule has 29 heavy (non-hydrogen) atoms. The molecule has 148 valence electrons. The molecule has 3 aromatic heterocycles. The highest BCUT2D eigenvalue weighted by Crippen LogP contribution is 2.32. The molecule has 0 spiro atoms. The van der Waals surface area contributed by atoms with Crippen LogP contribution in [-0.2, 0) is 12.7 Å². The number of benzene rings is 1. The first-order valence-electron chi connectivity index (χ1n) is 8.78. The molecule has 1 aromatic carbocycles. The predicted octanol–water partition coefficient (Wildman–Crippen LogP) is 5.70. The van der Waals surface area contributed by atoms with E-state index in [2.05, 4.69) is 10.1 Å². The fourth-order valence-electron chi connectivity index (χ4n) is 3.13. The maximum atomic E-state index is 12.8. The first kappa shape index (κ1) is 19.3. The molecule has 0 radical (unpaired) electrons. The predicted molar refractivity (Wildman–Crippen MR) is 107 cm³/mol. The maximum absolute atomic E-state index is 12.8. The number of hydrogen-bond acceptors (Lipinski definition) is 3. The van der Waals surface area contributed by atoms with E-state index < -0.39 is 11.7 Å². The van der Waals surface area contributed by atoms with Crippen LogP contribution in [0.2, 0.25) is 5.02 Å². The second kappa shape index (κ2) is 7.40. The van der Waals surface area contributed by atoms with E-state index in [-0.39, 0.29) is 0 Å². The highest BCUT2D eigenvalue weighted by atomic mass is 35.5. The number of aromatic nitrogens is 3. The van der Waals surface area contributed by atoms with Crippen molar-refractivity contribution in [2.45, 2.75) is 12.7 Å². The van der Waals surface area contributed by atoms with Gasteiger partial charge in [-0.3, -0.25) is 0 Å². The van der Waals surface area contributed by atoms with Crippen LogP contribution in [0.15, 0.2) is 67.1 Å². The molecule has 0 N–H and O–H groups in total. The Morgan fingerprint density at radius 1 is 1.03 bits per heavy atom. The molecule has 0 aliphatic rings. The van der Waals surface area contributed by atoms with Crippen LogP contribution < -0.4 is 4.90 Å². The van der Waals surface area contributed by atoms with Gasteiger partial charge in [0.15, 0.2) is 0 Å². The Balaban J connectivity index is 1.63. The molecule has 8 heteroatoms. The fourth-order valence-corrected chi connectivity index (χ4v) is 3.24. The molecule has 0 bridgehead atoms. The number of nitrogens with zero attached hydrogens (tertiary/aromatic N) is 4. The van der Waals surface area contributed by atoms with Crippen molar-refractivity contribution in [2.24, 2.45) is 0 Å². The molecule has 4 aromatic rings. The summed E-state index contributed by atoms with van der Waals surface area (Å²) in [6.07, 6.45) is 0.733. The Bertz CT molecular complexity index is 1140. The molecule has 0 atom stereocenters. The molecule has 0 unspecified atom stereocenters. The topological polar surface area (TPSA) is 33.4 Å². The average molecular weight is 417 g/mol. The van der Waals surface area contributed by atoms with E-state index in [4.69, 9.17) is 11.6 Å². The van der Waals surface area contributed by atoms with Gasteiger partial charge in [0, 0.05) is 31.5 Å². The Labute approximate surface area is 170 Å². The van der Waals surface area contributed by atoms with Crippen molar-refractivity contribution in [1.82, 2.24) is 14.6 Å². The van der Waals surface area contributed by atoms with E-state index in [0.717, 1.165) is 34.6 Å². The number of anilines is 1. The van der Waals surface area contributed by atoms with Gasteiger partial charge in [0.1, 0.15) is 5.82 Å². The summed E-state index contributed by atoms with van der Waals surface area (Å²) in [5.74, 6) is 0.783. The first-order valence-corrected chi connectivity index (χ1v) is 9.16. The maximum Gasteiger partial charge on any atom is 0.416 e. The van der Waals surface area contributed by atoms with E-state index in [9.17, 15) is 13.2 Å². The second-order valence-corrected chi connectivity index (χ2v) is 7.13. The van der Waals surface area contributed by atoms with Gasteiger partial charge >= 0.3 is 6.18 Å². The van der Waals surface area contributed by atoms with Crippen molar-refractivity contribution in [3.8, 4) is 11.1 Å². The minimum Gasteiger partial charge on any atom is -0.355 e. The summed E-state index contributed by atoms with van der Waals surface area (Å²) in [4.78, 5) is 6.29. The van der Waals surface area contributed by atoms with Gasteiger partial charge in [0.25, 0.3) is 0 Å². The largest absolute Gasteiger partial charge is 0.416 e. The van der Waals surface area contributed by atoms with Crippen molar-refractivity contribution in [3.05, 3.63) is 83.3 Å². The lowest BCUT2D eigenvalue weighted by Crippen LogP contribution is -2.17. The number of halogens is 4.